The molecule has 1 amide bonds. The standard InChI is InChI=1S/C35H36F2N8O/c1-19(2)29-25(16-23-17-43(5)41-33(23)38-29)34-39-30(31(44(34)6)21-12-13-21)24-8-7-9-27-28(24)32(37)45(40-27)18-26(36)20-10-14-22(15-11-20)35(46)42(3)4/h7-11,14-17,19,21,26H,12-13,18H2,1-6H3/t26-/m0/s1. The zero-order chi connectivity index (χ0) is 32.4. The van der Waals surface area contributed by atoms with Crippen molar-refractivity contribution in [3.8, 4) is 22.6 Å². The first-order chi connectivity index (χ1) is 22.0. The number of carbonyl (C=O) groups is 1. The van der Waals surface area contributed by atoms with Gasteiger partial charge in [0.2, 0.25) is 5.95 Å². The number of benzene rings is 2. The summed E-state index contributed by atoms with van der Waals surface area (Å²) < 4.78 is 36.8. The average molecular weight is 623 g/mol. The predicted molar refractivity (Wildman–Crippen MR) is 174 cm³/mol. The molecule has 0 saturated heterocycles. The molecular weight excluding hydrogens is 586 g/mol. The largest absolute Gasteiger partial charge is 0.345 e. The number of halogens is 2. The van der Waals surface area contributed by atoms with Gasteiger partial charge in [-0.3, -0.25) is 9.48 Å². The van der Waals surface area contributed by atoms with Gasteiger partial charge in [-0.25, -0.2) is 19.0 Å². The number of carbonyl (C=O) groups excluding carboxylic acids is 1. The minimum atomic E-state index is -1.52. The van der Waals surface area contributed by atoms with E-state index in [0.29, 0.717) is 44.9 Å². The number of hydrogen-bond acceptors (Lipinski definition) is 5. The van der Waals surface area contributed by atoms with E-state index in [1.165, 1.54) is 4.90 Å². The van der Waals surface area contributed by atoms with Crippen molar-refractivity contribution < 1.29 is 13.6 Å². The first-order valence-electron chi connectivity index (χ1n) is 15.5. The fourth-order valence-corrected chi connectivity index (χ4v) is 6.29. The number of hydrogen-bond donors (Lipinski definition) is 0. The normalized spacial score (nSPS) is 14.1. The summed E-state index contributed by atoms with van der Waals surface area (Å²) in [5.74, 6) is 0.427. The molecule has 9 nitrogen and oxygen atoms in total. The number of pyridine rings is 1. The van der Waals surface area contributed by atoms with Crippen molar-refractivity contribution in [2.24, 2.45) is 14.1 Å². The Bertz CT molecular complexity index is 2120. The van der Waals surface area contributed by atoms with Gasteiger partial charge in [-0.15, -0.1) is 0 Å². The van der Waals surface area contributed by atoms with E-state index in [1.54, 1.807) is 49.1 Å². The third kappa shape index (κ3) is 5.03. The van der Waals surface area contributed by atoms with Crippen molar-refractivity contribution in [3.63, 3.8) is 0 Å². The van der Waals surface area contributed by atoms with Crippen LogP contribution in [-0.2, 0) is 20.6 Å². The highest BCUT2D eigenvalue weighted by molar-refractivity contribution is 5.95. The number of nitrogens with zero attached hydrogens (tertiary/aromatic N) is 8. The molecule has 0 aliphatic heterocycles. The molecule has 1 atom stereocenters. The van der Waals surface area contributed by atoms with Gasteiger partial charge in [-0.05, 0) is 48.6 Å². The van der Waals surface area contributed by atoms with Crippen molar-refractivity contribution in [2.75, 3.05) is 14.1 Å². The van der Waals surface area contributed by atoms with E-state index in [0.717, 1.165) is 45.7 Å². The van der Waals surface area contributed by atoms with E-state index in [9.17, 15) is 4.79 Å². The number of aromatic nitrogens is 7. The zero-order valence-corrected chi connectivity index (χ0v) is 26.8. The lowest BCUT2D eigenvalue weighted by Gasteiger charge is -2.12. The quantitative estimate of drug-likeness (QED) is 0.184. The van der Waals surface area contributed by atoms with Crippen LogP contribution in [0.5, 0.6) is 0 Å². The van der Waals surface area contributed by atoms with Crippen LogP contribution in [0.1, 0.15) is 72.0 Å². The fourth-order valence-electron chi connectivity index (χ4n) is 6.29. The van der Waals surface area contributed by atoms with Crippen molar-refractivity contribution in [2.45, 2.75) is 51.2 Å². The molecule has 7 rings (SSSR count). The van der Waals surface area contributed by atoms with Gasteiger partial charge >= 0.3 is 0 Å². The lowest BCUT2D eigenvalue weighted by Crippen LogP contribution is -2.21. The van der Waals surface area contributed by atoms with Gasteiger partial charge < -0.3 is 9.47 Å². The average Bonchev–Trinajstić information content (AvgIpc) is 3.61. The first kappa shape index (κ1) is 29.8. The number of amides is 1. The highest BCUT2D eigenvalue weighted by Crippen LogP contribution is 2.47. The molecule has 6 aromatic rings. The van der Waals surface area contributed by atoms with Crippen molar-refractivity contribution in [3.05, 3.63) is 83.2 Å². The summed E-state index contributed by atoms with van der Waals surface area (Å²) in [5.41, 5.74) is 6.15. The Morgan fingerprint density at radius 1 is 1.02 bits per heavy atom. The Labute approximate surface area is 265 Å². The maximum absolute atomic E-state index is 16.3. The number of fused-ring (bicyclic) bond motifs is 2. The number of rotatable bonds is 8. The van der Waals surface area contributed by atoms with Crippen LogP contribution in [0.15, 0.2) is 54.7 Å². The number of imidazole rings is 1. The Morgan fingerprint density at radius 2 is 1.76 bits per heavy atom. The highest BCUT2D eigenvalue weighted by atomic mass is 19.1. The van der Waals surface area contributed by atoms with Gasteiger partial charge in [0.1, 0.15) is 12.0 Å². The summed E-state index contributed by atoms with van der Waals surface area (Å²) in [5, 5.41) is 10.2. The molecule has 46 heavy (non-hydrogen) atoms. The second kappa shape index (κ2) is 11.1. The van der Waals surface area contributed by atoms with Crippen LogP contribution < -0.4 is 0 Å². The summed E-state index contributed by atoms with van der Waals surface area (Å²) in [7, 11) is 7.22. The molecule has 0 N–H and O–H groups in total. The van der Waals surface area contributed by atoms with Crippen LogP contribution in [0.3, 0.4) is 0 Å². The minimum Gasteiger partial charge on any atom is -0.345 e. The molecule has 1 saturated carbocycles. The second-order valence-electron chi connectivity index (χ2n) is 12.8. The molecule has 1 aliphatic rings. The van der Waals surface area contributed by atoms with Crippen molar-refractivity contribution >= 4 is 27.8 Å². The van der Waals surface area contributed by atoms with Gasteiger partial charge in [-0.2, -0.15) is 14.6 Å². The van der Waals surface area contributed by atoms with Crippen LogP contribution in [0.4, 0.5) is 8.78 Å². The van der Waals surface area contributed by atoms with Gasteiger partial charge in [-0.1, -0.05) is 38.1 Å². The Morgan fingerprint density at radius 3 is 2.43 bits per heavy atom. The fraction of sp³-hybridized carbons (Fsp3) is 0.343. The van der Waals surface area contributed by atoms with Gasteiger partial charge in [0, 0.05) is 68.1 Å². The minimum absolute atomic E-state index is 0.128. The van der Waals surface area contributed by atoms with E-state index < -0.39 is 12.1 Å². The number of alkyl halides is 1. The topological polar surface area (TPSA) is 86.7 Å². The van der Waals surface area contributed by atoms with E-state index in [4.69, 9.17) is 9.97 Å². The third-order valence-electron chi connectivity index (χ3n) is 8.75. The van der Waals surface area contributed by atoms with E-state index >= 15 is 8.78 Å². The van der Waals surface area contributed by atoms with Crippen LogP contribution in [0.2, 0.25) is 0 Å². The van der Waals surface area contributed by atoms with Crippen LogP contribution in [-0.4, -0.2) is 59.0 Å². The second-order valence-corrected chi connectivity index (χ2v) is 12.8. The molecule has 0 spiro atoms. The van der Waals surface area contributed by atoms with E-state index in [2.05, 4.69) is 34.7 Å². The molecule has 4 heterocycles. The molecule has 11 heteroatoms. The van der Waals surface area contributed by atoms with Crippen LogP contribution in [0, 0.1) is 5.95 Å². The predicted octanol–water partition coefficient (Wildman–Crippen LogP) is 6.94. The van der Waals surface area contributed by atoms with E-state index in [1.807, 2.05) is 32.4 Å². The van der Waals surface area contributed by atoms with Gasteiger partial charge in [0.05, 0.1) is 28.8 Å². The zero-order valence-electron chi connectivity index (χ0n) is 26.8. The van der Waals surface area contributed by atoms with Crippen LogP contribution >= 0.6 is 0 Å². The maximum Gasteiger partial charge on any atom is 0.253 e. The van der Waals surface area contributed by atoms with Crippen molar-refractivity contribution in [1.29, 1.82) is 0 Å². The number of aryl methyl sites for hydroxylation is 1. The summed E-state index contributed by atoms with van der Waals surface area (Å²) >= 11 is 0. The summed E-state index contributed by atoms with van der Waals surface area (Å²) in [6.45, 7) is 3.90. The summed E-state index contributed by atoms with van der Waals surface area (Å²) in [6.07, 6.45) is 2.48. The molecule has 2 aromatic carbocycles. The van der Waals surface area contributed by atoms with Gasteiger partial charge in [0.25, 0.3) is 5.91 Å². The molecule has 1 fully saturated rings. The monoisotopic (exact) mass is 622 g/mol. The summed E-state index contributed by atoms with van der Waals surface area (Å²) in [4.78, 5) is 23.8. The first-order valence-corrected chi connectivity index (χ1v) is 15.5. The summed E-state index contributed by atoms with van der Waals surface area (Å²) in [6, 6.07) is 13.8. The van der Waals surface area contributed by atoms with Gasteiger partial charge in [0.15, 0.2) is 5.65 Å². The highest BCUT2D eigenvalue weighted by Gasteiger charge is 2.34. The molecule has 4 aromatic heterocycles. The molecule has 236 valence electrons. The molecule has 1 aliphatic carbocycles. The smallest absolute Gasteiger partial charge is 0.253 e. The van der Waals surface area contributed by atoms with Crippen LogP contribution in [0.25, 0.3) is 44.6 Å². The van der Waals surface area contributed by atoms with Crippen molar-refractivity contribution in [1.82, 2.24) is 39.0 Å². The Balaban J connectivity index is 1.30. The SMILES string of the molecule is CC(C)c1nc2nn(C)cc2cc1-c1nc(-c2cccc3nn(C[C@H](F)c4ccc(C(=O)N(C)C)cc4)c(F)c23)c(C2CC2)n1C. The van der Waals surface area contributed by atoms with E-state index in [-0.39, 0.29) is 18.4 Å². The Kier molecular flexibility index (Phi) is 7.21. The third-order valence-corrected chi connectivity index (χ3v) is 8.75. The molecule has 0 radical (unpaired) electrons. The lowest BCUT2D eigenvalue weighted by atomic mass is 10.0. The lowest BCUT2D eigenvalue weighted by molar-refractivity contribution is 0.0827. The molecule has 0 bridgehead atoms. The Hall–Kier alpha value is -4.93. The molecular formula is C35H36F2N8O. The maximum atomic E-state index is 16.3. The molecule has 0 unspecified atom stereocenters.